The van der Waals surface area contributed by atoms with Crippen LogP contribution in [0.5, 0.6) is 5.75 Å². The number of benzene rings is 1. The van der Waals surface area contributed by atoms with Crippen molar-refractivity contribution in [3.05, 3.63) is 53.1 Å². The van der Waals surface area contributed by atoms with Gasteiger partial charge in [-0.3, -0.25) is 9.59 Å². The summed E-state index contributed by atoms with van der Waals surface area (Å²) >= 11 is 0. The van der Waals surface area contributed by atoms with Crippen molar-refractivity contribution in [3.8, 4) is 5.75 Å². The van der Waals surface area contributed by atoms with Gasteiger partial charge in [0, 0.05) is 50.3 Å². The second kappa shape index (κ2) is 7.58. The molecule has 2 aromatic rings. The Morgan fingerprint density at radius 1 is 1.25 bits per heavy atom. The molecular weight excluding hydrogens is 356 g/mol. The number of hydrogen-bond donors (Lipinski definition) is 0. The predicted molar refractivity (Wildman–Crippen MR) is 103 cm³/mol. The van der Waals surface area contributed by atoms with E-state index >= 15 is 0 Å². The van der Waals surface area contributed by atoms with Crippen LogP contribution in [-0.2, 0) is 17.8 Å². The third-order valence-corrected chi connectivity index (χ3v) is 5.53. The predicted octanol–water partition coefficient (Wildman–Crippen LogP) is 2.37. The van der Waals surface area contributed by atoms with Gasteiger partial charge in [-0.25, -0.2) is 9.97 Å². The summed E-state index contributed by atoms with van der Waals surface area (Å²) in [7, 11) is 1.59. The van der Waals surface area contributed by atoms with E-state index in [-0.39, 0.29) is 17.9 Å². The number of aromatic nitrogens is 2. The molecule has 28 heavy (non-hydrogen) atoms. The molecule has 7 heteroatoms. The molecule has 4 rings (SSSR count). The lowest BCUT2D eigenvalue weighted by molar-refractivity contribution is -0.129. The molecule has 0 saturated carbocycles. The van der Waals surface area contributed by atoms with Gasteiger partial charge in [-0.15, -0.1) is 0 Å². The van der Waals surface area contributed by atoms with Crippen molar-refractivity contribution >= 4 is 11.8 Å². The van der Waals surface area contributed by atoms with E-state index in [2.05, 4.69) is 4.98 Å². The summed E-state index contributed by atoms with van der Waals surface area (Å²) in [5.74, 6) is 1.41. The van der Waals surface area contributed by atoms with Crippen molar-refractivity contribution in [1.82, 2.24) is 19.8 Å². The number of likely N-dealkylation sites (tertiary alicyclic amines) is 1. The Balaban J connectivity index is 1.57. The fraction of sp³-hybridized carbons (Fsp3) is 0.429. The Labute approximate surface area is 164 Å². The maximum Gasteiger partial charge on any atom is 0.254 e. The fourth-order valence-corrected chi connectivity index (χ4v) is 3.96. The molecule has 7 nitrogen and oxygen atoms in total. The number of nitrogens with zero attached hydrogens (tertiary/aromatic N) is 4. The Morgan fingerprint density at radius 2 is 2.11 bits per heavy atom. The highest BCUT2D eigenvalue weighted by molar-refractivity contribution is 5.95. The summed E-state index contributed by atoms with van der Waals surface area (Å²) < 4.78 is 5.24. The van der Waals surface area contributed by atoms with Crippen LogP contribution in [0.3, 0.4) is 0 Å². The quantitative estimate of drug-likeness (QED) is 0.817. The van der Waals surface area contributed by atoms with E-state index in [4.69, 9.17) is 9.72 Å². The second-order valence-electron chi connectivity index (χ2n) is 7.28. The van der Waals surface area contributed by atoms with E-state index in [0.717, 1.165) is 30.5 Å². The molecule has 3 heterocycles. The summed E-state index contributed by atoms with van der Waals surface area (Å²) in [6.45, 7) is 3.51. The highest BCUT2D eigenvalue weighted by Gasteiger charge is 2.33. The van der Waals surface area contributed by atoms with Gasteiger partial charge < -0.3 is 14.5 Å². The minimum Gasteiger partial charge on any atom is -0.497 e. The van der Waals surface area contributed by atoms with E-state index in [1.54, 1.807) is 25.0 Å². The highest BCUT2D eigenvalue weighted by atomic mass is 16.5. The summed E-state index contributed by atoms with van der Waals surface area (Å²) in [6.07, 6.45) is 4.33. The number of methoxy groups -OCH3 is 1. The molecular formula is C21H24N4O3. The zero-order valence-corrected chi connectivity index (χ0v) is 16.2. The fourth-order valence-electron chi connectivity index (χ4n) is 3.96. The molecule has 146 valence electrons. The first-order valence-corrected chi connectivity index (χ1v) is 9.62. The average molecular weight is 380 g/mol. The zero-order valence-electron chi connectivity index (χ0n) is 16.2. The summed E-state index contributed by atoms with van der Waals surface area (Å²) in [5, 5.41) is 0. The topological polar surface area (TPSA) is 75.6 Å². The molecule has 2 aliphatic rings. The van der Waals surface area contributed by atoms with Gasteiger partial charge in [0.05, 0.1) is 18.8 Å². The Hall–Kier alpha value is -2.96. The van der Waals surface area contributed by atoms with Gasteiger partial charge in [-0.2, -0.15) is 0 Å². The molecule has 0 aliphatic carbocycles. The first kappa shape index (κ1) is 18.4. The molecule has 0 unspecified atom stereocenters. The van der Waals surface area contributed by atoms with Crippen molar-refractivity contribution < 1.29 is 14.3 Å². The Morgan fingerprint density at radius 3 is 2.89 bits per heavy atom. The van der Waals surface area contributed by atoms with Gasteiger partial charge in [-0.05, 0) is 31.0 Å². The summed E-state index contributed by atoms with van der Waals surface area (Å²) in [4.78, 5) is 37.7. The minimum atomic E-state index is -0.116. The number of fused-ring (bicyclic) bond motifs is 1. The lowest BCUT2D eigenvalue weighted by Gasteiger charge is -2.28. The van der Waals surface area contributed by atoms with Gasteiger partial charge >= 0.3 is 0 Å². The van der Waals surface area contributed by atoms with Gasteiger partial charge in [0.25, 0.3) is 5.91 Å². The maximum atomic E-state index is 13.1. The van der Waals surface area contributed by atoms with E-state index in [9.17, 15) is 9.59 Å². The number of carbonyl (C=O) groups is 2. The summed E-state index contributed by atoms with van der Waals surface area (Å²) in [6, 6.07) is 7.11. The zero-order chi connectivity index (χ0) is 19.7. The van der Waals surface area contributed by atoms with Gasteiger partial charge in [0.2, 0.25) is 5.91 Å². The lowest BCUT2D eigenvalue weighted by atomic mass is 10.1. The van der Waals surface area contributed by atoms with Crippen LogP contribution in [0, 0.1) is 0 Å². The highest BCUT2D eigenvalue weighted by Crippen LogP contribution is 2.32. The molecule has 0 bridgehead atoms. The molecule has 0 spiro atoms. The molecule has 2 amide bonds. The maximum absolute atomic E-state index is 13.1. The Kier molecular flexibility index (Phi) is 4.98. The van der Waals surface area contributed by atoms with Crippen LogP contribution >= 0.6 is 0 Å². The summed E-state index contributed by atoms with van der Waals surface area (Å²) in [5.41, 5.74) is 2.60. The van der Waals surface area contributed by atoms with Gasteiger partial charge in [0.15, 0.2) is 5.82 Å². The SMILES string of the molecule is COc1cccc(C(=O)N2CCC[C@H]2c2ncc3c(n2)CCN(C(C)=O)C3)c1. The number of hydrogen-bond acceptors (Lipinski definition) is 5. The molecule has 1 aromatic carbocycles. The van der Waals surface area contributed by atoms with E-state index in [1.165, 1.54) is 0 Å². The van der Waals surface area contributed by atoms with Gasteiger partial charge in [-0.1, -0.05) is 6.07 Å². The van der Waals surface area contributed by atoms with Crippen molar-refractivity contribution in [2.24, 2.45) is 0 Å². The molecule has 0 radical (unpaired) electrons. The Bertz CT molecular complexity index is 914. The van der Waals surface area contributed by atoms with Crippen LogP contribution in [0.15, 0.2) is 30.5 Å². The van der Waals surface area contributed by atoms with Gasteiger partial charge in [0.1, 0.15) is 5.75 Å². The minimum absolute atomic E-state index is 0.0227. The van der Waals surface area contributed by atoms with Crippen molar-refractivity contribution in [1.29, 1.82) is 0 Å². The standard InChI is InChI=1S/C21H24N4O3/c1-14(26)24-10-8-18-16(13-24)12-22-20(23-18)19-7-4-9-25(19)21(27)15-5-3-6-17(11-15)28-2/h3,5-6,11-12,19H,4,7-10,13H2,1-2H3/t19-/m0/s1. The van der Waals surface area contributed by atoms with E-state index < -0.39 is 0 Å². The third kappa shape index (κ3) is 3.44. The average Bonchev–Trinajstić information content (AvgIpc) is 3.22. The van der Waals surface area contributed by atoms with Crippen LogP contribution in [0.4, 0.5) is 0 Å². The molecule has 1 atom stereocenters. The first-order chi connectivity index (χ1) is 13.6. The van der Waals surface area contributed by atoms with Crippen molar-refractivity contribution in [2.45, 2.75) is 38.8 Å². The van der Waals surface area contributed by atoms with Crippen LogP contribution in [-0.4, -0.2) is 51.8 Å². The largest absolute Gasteiger partial charge is 0.497 e. The van der Waals surface area contributed by atoms with Crippen LogP contribution < -0.4 is 4.74 Å². The van der Waals surface area contributed by atoms with Crippen LogP contribution in [0.2, 0.25) is 0 Å². The monoisotopic (exact) mass is 380 g/mol. The van der Waals surface area contributed by atoms with E-state index in [0.29, 0.717) is 36.8 Å². The lowest BCUT2D eigenvalue weighted by Crippen LogP contribution is -2.36. The number of ether oxygens (including phenoxy) is 1. The molecule has 1 fully saturated rings. The molecule has 1 saturated heterocycles. The second-order valence-corrected chi connectivity index (χ2v) is 7.28. The number of amides is 2. The molecule has 0 N–H and O–H groups in total. The normalized spacial score (nSPS) is 18.7. The van der Waals surface area contributed by atoms with E-state index in [1.807, 2.05) is 29.3 Å². The van der Waals surface area contributed by atoms with Crippen LogP contribution in [0.1, 0.15) is 53.2 Å². The van der Waals surface area contributed by atoms with Crippen molar-refractivity contribution in [2.75, 3.05) is 20.2 Å². The van der Waals surface area contributed by atoms with Crippen LogP contribution in [0.25, 0.3) is 0 Å². The number of rotatable bonds is 3. The third-order valence-electron chi connectivity index (χ3n) is 5.53. The van der Waals surface area contributed by atoms with Crippen molar-refractivity contribution in [3.63, 3.8) is 0 Å². The smallest absolute Gasteiger partial charge is 0.254 e. The molecule has 2 aliphatic heterocycles. The number of carbonyl (C=O) groups excluding carboxylic acids is 2. The molecule has 1 aromatic heterocycles. The first-order valence-electron chi connectivity index (χ1n) is 9.62.